The van der Waals surface area contributed by atoms with Crippen molar-refractivity contribution in [3.05, 3.63) is 0 Å². The van der Waals surface area contributed by atoms with Crippen LogP contribution < -0.4 is 0 Å². The van der Waals surface area contributed by atoms with Crippen LogP contribution in [-0.4, -0.2) is 101 Å². The number of likely N-dealkylation sites (N-methyl/N-ethyl adjacent to an activating group) is 2. The van der Waals surface area contributed by atoms with Gasteiger partial charge in [0.25, 0.3) is 5.91 Å². The summed E-state index contributed by atoms with van der Waals surface area (Å²) >= 11 is 1.62. The number of hydrogen-bond donors (Lipinski definition) is 0. The van der Waals surface area contributed by atoms with Gasteiger partial charge in [0.05, 0.1) is 12.2 Å². The number of carbonyl (C=O) groups is 4. The summed E-state index contributed by atoms with van der Waals surface area (Å²) < 4.78 is 0. The zero-order valence-corrected chi connectivity index (χ0v) is 16.8. The summed E-state index contributed by atoms with van der Waals surface area (Å²) in [6.45, 7) is 6.30. The number of nitrogens with zero attached hydrogens (tertiary/aromatic N) is 4. The quantitative estimate of drug-likeness (QED) is 0.644. The van der Waals surface area contributed by atoms with Crippen molar-refractivity contribution in [3.8, 4) is 0 Å². The summed E-state index contributed by atoms with van der Waals surface area (Å²) in [6, 6.07) is -1.12. The van der Waals surface area contributed by atoms with Crippen molar-refractivity contribution >= 4 is 35.5 Å². The minimum atomic E-state index is -0.733. The molecule has 0 saturated carbocycles. The van der Waals surface area contributed by atoms with Crippen LogP contribution in [0.5, 0.6) is 0 Å². The van der Waals surface area contributed by atoms with E-state index < -0.39 is 6.04 Å². The zero-order valence-electron chi connectivity index (χ0n) is 15.9. The van der Waals surface area contributed by atoms with Gasteiger partial charge >= 0.3 is 6.03 Å². The Kier molecular flexibility index (Phi) is 6.91. The Balaban J connectivity index is 1.88. The van der Waals surface area contributed by atoms with Gasteiger partial charge in [-0.15, -0.1) is 11.8 Å². The van der Waals surface area contributed by atoms with E-state index in [-0.39, 0.29) is 30.2 Å². The van der Waals surface area contributed by atoms with E-state index >= 15 is 0 Å². The van der Waals surface area contributed by atoms with Crippen LogP contribution in [0.1, 0.15) is 26.7 Å². The summed E-state index contributed by atoms with van der Waals surface area (Å²) in [5.41, 5.74) is 0. The number of carbonyl (C=O) groups excluding carboxylic acids is 4. The lowest BCUT2D eigenvalue weighted by atomic mass is 10.1. The molecule has 2 rings (SSSR count). The van der Waals surface area contributed by atoms with Gasteiger partial charge in [0.2, 0.25) is 11.8 Å². The number of hydrogen-bond acceptors (Lipinski definition) is 5. The first-order valence-electron chi connectivity index (χ1n) is 8.94. The van der Waals surface area contributed by atoms with Gasteiger partial charge in [0.1, 0.15) is 6.04 Å². The van der Waals surface area contributed by atoms with Crippen molar-refractivity contribution in [3.63, 3.8) is 0 Å². The van der Waals surface area contributed by atoms with E-state index in [0.29, 0.717) is 37.2 Å². The molecule has 0 aliphatic carbocycles. The highest BCUT2D eigenvalue weighted by Gasteiger charge is 2.42. The topological polar surface area (TPSA) is 81.2 Å². The van der Waals surface area contributed by atoms with Crippen molar-refractivity contribution in [1.82, 2.24) is 19.6 Å². The largest absolute Gasteiger partial charge is 0.341 e. The van der Waals surface area contributed by atoms with Gasteiger partial charge in [-0.3, -0.25) is 19.3 Å². The normalized spacial score (nSPS) is 21.7. The van der Waals surface area contributed by atoms with Crippen LogP contribution in [-0.2, 0) is 14.4 Å². The maximum absolute atomic E-state index is 12.6. The van der Waals surface area contributed by atoms with Crippen LogP contribution in [0.4, 0.5) is 4.79 Å². The highest BCUT2D eigenvalue weighted by atomic mass is 32.2. The Hall–Kier alpha value is -1.77. The average molecular weight is 385 g/mol. The summed E-state index contributed by atoms with van der Waals surface area (Å²) in [4.78, 5) is 54.7. The zero-order chi connectivity index (χ0) is 19.4. The van der Waals surface area contributed by atoms with Crippen molar-refractivity contribution in [2.24, 2.45) is 0 Å². The van der Waals surface area contributed by atoms with Crippen molar-refractivity contribution < 1.29 is 19.2 Å². The molecule has 1 atom stereocenters. The number of imide groups is 1. The fraction of sp³-hybridized carbons (Fsp3) is 0.765. The number of thioether (sulfide) groups is 1. The van der Waals surface area contributed by atoms with E-state index in [9.17, 15) is 19.2 Å². The molecule has 2 saturated heterocycles. The van der Waals surface area contributed by atoms with Crippen LogP contribution in [0, 0.1) is 0 Å². The van der Waals surface area contributed by atoms with Gasteiger partial charge in [-0.1, -0.05) is 13.8 Å². The molecular weight excluding hydrogens is 356 g/mol. The highest BCUT2D eigenvalue weighted by molar-refractivity contribution is 8.00. The van der Waals surface area contributed by atoms with Crippen LogP contribution >= 0.6 is 11.8 Å². The molecule has 2 fully saturated rings. The van der Waals surface area contributed by atoms with Crippen LogP contribution in [0.3, 0.4) is 0 Å². The Morgan fingerprint density at radius 3 is 2.12 bits per heavy atom. The lowest BCUT2D eigenvalue weighted by molar-refractivity contribution is -0.136. The predicted molar refractivity (Wildman–Crippen MR) is 99.7 cm³/mol. The van der Waals surface area contributed by atoms with E-state index in [0.717, 1.165) is 11.3 Å². The molecule has 0 radical (unpaired) electrons. The second kappa shape index (κ2) is 8.75. The first-order valence-corrected chi connectivity index (χ1v) is 9.98. The first-order chi connectivity index (χ1) is 12.2. The molecule has 0 aromatic rings. The van der Waals surface area contributed by atoms with Crippen molar-refractivity contribution in [2.45, 2.75) is 38.0 Å². The lowest BCUT2D eigenvalue weighted by Gasteiger charge is -2.24. The molecular formula is C17H28N4O4S. The second-order valence-electron chi connectivity index (χ2n) is 6.99. The first kappa shape index (κ1) is 20.5. The Morgan fingerprint density at radius 2 is 1.62 bits per heavy atom. The number of urea groups is 1. The fourth-order valence-corrected chi connectivity index (χ4v) is 3.78. The van der Waals surface area contributed by atoms with E-state index in [1.54, 1.807) is 16.7 Å². The van der Waals surface area contributed by atoms with E-state index in [1.807, 2.05) is 4.90 Å². The monoisotopic (exact) mass is 384 g/mol. The van der Waals surface area contributed by atoms with Gasteiger partial charge in [0.15, 0.2) is 0 Å². The predicted octanol–water partition coefficient (Wildman–Crippen LogP) is 0.471. The fourth-order valence-electron chi connectivity index (χ4n) is 3.12. The van der Waals surface area contributed by atoms with E-state index in [4.69, 9.17) is 0 Å². The molecule has 0 aromatic heterocycles. The third kappa shape index (κ3) is 4.69. The van der Waals surface area contributed by atoms with Crippen LogP contribution in [0.25, 0.3) is 0 Å². The maximum atomic E-state index is 12.6. The lowest BCUT2D eigenvalue weighted by Crippen LogP contribution is -2.41. The summed E-state index contributed by atoms with van der Waals surface area (Å²) in [5, 5.41) is 0.408. The second-order valence-corrected chi connectivity index (χ2v) is 8.55. The van der Waals surface area contributed by atoms with Gasteiger partial charge < -0.3 is 14.7 Å². The summed E-state index contributed by atoms with van der Waals surface area (Å²) in [7, 11) is 2.97. The molecule has 2 heterocycles. The molecule has 2 aliphatic heterocycles. The molecule has 9 heteroatoms. The molecule has 0 bridgehead atoms. The van der Waals surface area contributed by atoms with Gasteiger partial charge in [-0.2, -0.15) is 0 Å². The van der Waals surface area contributed by atoms with E-state index in [1.165, 1.54) is 19.0 Å². The summed E-state index contributed by atoms with van der Waals surface area (Å²) in [6.07, 6.45) is 0.708. The minimum Gasteiger partial charge on any atom is -0.341 e. The maximum Gasteiger partial charge on any atom is 0.326 e. The third-order valence-corrected chi connectivity index (χ3v) is 5.86. The Morgan fingerprint density at radius 1 is 1.04 bits per heavy atom. The van der Waals surface area contributed by atoms with Gasteiger partial charge in [-0.25, -0.2) is 4.79 Å². The van der Waals surface area contributed by atoms with Crippen molar-refractivity contribution in [2.75, 3.05) is 46.0 Å². The molecule has 2 aliphatic rings. The molecule has 0 spiro atoms. The Bertz CT molecular complexity index is 583. The summed E-state index contributed by atoms with van der Waals surface area (Å²) in [5.74, 6) is 0.0739. The molecule has 146 valence electrons. The van der Waals surface area contributed by atoms with E-state index in [2.05, 4.69) is 13.8 Å². The van der Waals surface area contributed by atoms with Gasteiger partial charge in [0, 0.05) is 40.3 Å². The molecule has 0 aromatic carbocycles. The van der Waals surface area contributed by atoms with Crippen molar-refractivity contribution in [1.29, 1.82) is 0 Å². The standard InChI is InChI=1S/C17H28N4O4S/c1-12(2)26-11-15(23)21-7-5-6-20(8-9-21)14(22)10-13-16(24)19(4)17(25)18(13)3/h12-13H,5-11H2,1-4H3. The molecule has 0 N–H and O–H groups in total. The van der Waals surface area contributed by atoms with Gasteiger partial charge in [-0.05, 0) is 11.7 Å². The average Bonchev–Trinajstić information content (AvgIpc) is 2.82. The molecule has 8 nitrogen and oxygen atoms in total. The van der Waals surface area contributed by atoms with Crippen LogP contribution in [0.15, 0.2) is 0 Å². The minimum absolute atomic E-state index is 0.0113. The SMILES string of the molecule is CC(C)SCC(=O)N1CCCN(C(=O)CC2C(=O)N(C)C(=O)N2C)CC1. The molecule has 26 heavy (non-hydrogen) atoms. The smallest absolute Gasteiger partial charge is 0.326 e. The molecule has 5 amide bonds. The third-order valence-electron chi connectivity index (χ3n) is 4.78. The highest BCUT2D eigenvalue weighted by Crippen LogP contribution is 2.18. The molecule has 1 unspecified atom stereocenters. The number of rotatable bonds is 5. The number of amides is 5. The Labute approximate surface area is 158 Å². The van der Waals surface area contributed by atoms with Crippen LogP contribution in [0.2, 0.25) is 0 Å².